The Bertz CT molecular complexity index is 310. The van der Waals surface area contributed by atoms with Crippen LogP contribution in [0.25, 0.3) is 0 Å². The summed E-state index contributed by atoms with van der Waals surface area (Å²) in [5, 5.41) is 0. The highest BCUT2D eigenvalue weighted by atomic mass is 32.1. The van der Waals surface area contributed by atoms with Crippen LogP contribution in [0.4, 0.5) is 0 Å². The first-order chi connectivity index (χ1) is 7.04. The second-order valence-electron chi connectivity index (χ2n) is 4.35. The summed E-state index contributed by atoms with van der Waals surface area (Å²) in [4.78, 5) is 2.22. The number of benzene rings is 1. The van der Waals surface area contributed by atoms with Crippen molar-refractivity contribution in [3.05, 3.63) is 34.4 Å². The third kappa shape index (κ3) is 3.54. The summed E-state index contributed by atoms with van der Waals surface area (Å²) < 4.78 is 0. The van der Waals surface area contributed by atoms with E-state index in [1.54, 1.807) is 0 Å². The Labute approximate surface area is 98.9 Å². The summed E-state index contributed by atoms with van der Waals surface area (Å²) in [6, 6.07) is 4.53. The van der Waals surface area contributed by atoms with Crippen LogP contribution in [0.1, 0.15) is 22.3 Å². The Balaban J connectivity index is 2.77. The van der Waals surface area contributed by atoms with Gasteiger partial charge in [0.25, 0.3) is 0 Å². The molecule has 1 aromatic rings. The van der Waals surface area contributed by atoms with Crippen molar-refractivity contribution in [3.8, 4) is 0 Å². The number of likely N-dealkylation sites (N-methyl/N-ethyl adjacent to an activating group) is 1. The molecule has 1 nitrogen and oxygen atoms in total. The number of nitrogens with zero attached hydrogens (tertiary/aromatic N) is 1. The van der Waals surface area contributed by atoms with Gasteiger partial charge in [-0.05, 0) is 50.9 Å². The van der Waals surface area contributed by atoms with Crippen LogP contribution in [0, 0.1) is 20.8 Å². The van der Waals surface area contributed by atoms with Crippen LogP contribution in [0.15, 0.2) is 12.1 Å². The van der Waals surface area contributed by atoms with Crippen LogP contribution in [0.5, 0.6) is 0 Å². The molecule has 1 rings (SSSR count). The third-order valence-electron chi connectivity index (χ3n) is 2.83. The Morgan fingerprint density at radius 3 is 2.13 bits per heavy atom. The highest BCUT2D eigenvalue weighted by molar-refractivity contribution is 7.80. The van der Waals surface area contributed by atoms with E-state index in [1.165, 1.54) is 22.3 Å². The van der Waals surface area contributed by atoms with E-state index in [-0.39, 0.29) is 0 Å². The van der Waals surface area contributed by atoms with Gasteiger partial charge in [-0.15, -0.1) is 0 Å². The molecule has 0 bridgehead atoms. The van der Waals surface area contributed by atoms with E-state index < -0.39 is 0 Å². The lowest BCUT2D eigenvalue weighted by Crippen LogP contribution is -2.20. The molecular formula is C13H21NS. The Morgan fingerprint density at radius 1 is 1.13 bits per heavy atom. The lowest BCUT2D eigenvalue weighted by atomic mass is 9.97. The van der Waals surface area contributed by atoms with Crippen molar-refractivity contribution in [3.63, 3.8) is 0 Å². The zero-order valence-electron chi connectivity index (χ0n) is 10.2. The average molecular weight is 223 g/mol. The molecule has 0 aromatic heterocycles. The molecule has 0 saturated carbocycles. The van der Waals surface area contributed by atoms with Crippen LogP contribution in [-0.4, -0.2) is 24.4 Å². The van der Waals surface area contributed by atoms with Gasteiger partial charge in [-0.25, -0.2) is 0 Å². The fourth-order valence-corrected chi connectivity index (χ4v) is 2.12. The summed E-state index contributed by atoms with van der Waals surface area (Å²) in [5.74, 6) is 0.823. The number of rotatable bonds is 4. The Hall–Kier alpha value is -0.470. The molecular weight excluding hydrogens is 202 g/mol. The van der Waals surface area contributed by atoms with Gasteiger partial charge in [-0.1, -0.05) is 17.7 Å². The molecule has 84 valence electrons. The molecule has 15 heavy (non-hydrogen) atoms. The highest BCUT2D eigenvalue weighted by Crippen LogP contribution is 2.17. The maximum atomic E-state index is 4.26. The first-order valence-corrected chi connectivity index (χ1v) is 6.04. The van der Waals surface area contributed by atoms with Crippen molar-refractivity contribution in [1.82, 2.24) is 4.90 Å². The molecule has 0 fully saturated rings. The Morgan fingerprint density at radius 2 is 1.67 bits per heavy atom. The van der Waals surface area contributed by atoms with E-state index in [0.29, 0.717) is 0 Å². The molecule has 0 saturated heterocycles. The van der Waals surface area contributed by atoms with Crippen LogP contribution in [-0.2, 0) is 6.42 Å². The molecule has 0 N–H and O–H groups in total. The summed E-state index contributed by atoms with van der Waals surface area (Å²) in [6.07, 6.45) is 1.12. The van der Waals surface area contributed by atoms with Gasteiger partial charge in [0.1, 0.15) is 0 Å². The normalized spacial score (nSPS) is 11.1. The van der Waals surface area contributed by atoms with Crippen LogP contribution in [0.2, 0.25) is 0 Å². The third-order valence-corrected chi connectivity index (χ3v) is 3.31. The molecule has 0 atom stereocenters. The molecule has 2 heteroatoms. The van der Waals surface area contributed by atoms with E-state index in [4.69, 9.17) is 0 Å². The smallest absolute Gasteiger partial charge is 0.0411 e. The quantitative estimate of drug-likeness (QED) is 0.607. The van der Waals surface area contributed by atoms with Crippen molar-refractivity contribution in [2.75, 3.05) is 19.5 Å². The number of thiol groups is 1. The monoisotopic (exact) mass is 223 g/mol. The lowest BCUT2D eigenvalue weighted by molar-refractivity contribution is 0.398. The van der Waals surface area contributed by atoms with Gasteiger partial charge in [0.15, 0.2) is 0 Å². The summed E-state index contributed by atoms with van der Waals surface area (Å²) >= 11 is 4.26. The molecule has 0 unspecified atom stereocenters. The molecule has 0 radical (unpaired) electrons. The molecule has 0 amide bonds. The van der Waals surface area contributed by atoms with Crippen molar-refractivity contribution < 1.29 is 0 Å². The minimum Gasteiger partial charge on any atom is -0.297 e. The molecule has 0 heterocycles. The van der Waals surface area contributed by atoms with E-state index in [2.05, 4.69) is 57.5 Å². The summed E-state index contributed by atoms with van der Waals surface area (Å²) in [7, 11) is 2.10. The van der Waals surface area contributed by atoms with Crippen molar-refractivity contribution in [2.45, 2.75) is 27.2 Å². The van der Waals surface area contributed by atoms with Crippen molar-refractivity contribution in [1.29, 1.82) is 0 Å². The van der Waals surface area contributed by atoms with Crippen molar-refractivity contribution in [2.24, 2.45) is 0 Å². The molecule has 0 aliphatic rings. The SMILES string of the molecule is Cc1cc(C)c(CCN(C)CS)c(C)c1. The standard InChI is InChI=1S/C13H21NS/c1-10-7-11(2)13(12(3)8-10)5-6-14(4)9-15/h7-8,15H,5-6,9H2,1-4H3. The fraction of sp³-hybridized carbons (Fsp3) is 0.538. The summed E-state index contributed by atoms with van der Waals surface area (Å²) in [6.45, 7) is 7.64. The fourth-order valence-electron chi connectivity index (χ4n) is 1.98. The molecule has 0 aliphatic carbocycles. The largest absolute Gasteiger partial charge is 0.297 e. The minimum absolute atomic E-state index is 0.823. The molecule has 0 aliphatic heterocycles. The topological polar surface area (TPSA) is 3.24 Å². The number of aryl methyl sites for hydroxylation is 3. The lowest BCUT2D eigenvalue weighted by Gasteiger charge is -2.16. The van der Waals surface area contributed by atoms with Crippen LogP contribution < -0.4 is 0 Å². The van der Waals surface area contributed by atoms with Gasteiger partial charge >= 0.3 is 0 Å². The number of hydrogen-bond acceptors (Lipinski definition) is 2. The maximum absolute atomic E-state index is 4.26. The second-order valence-corrected chi connectivity index (χ2v) is 4.63. The van der Waals surface area contributed by atoms with Gasteiger partial charge in [0, 0.05) is 12.4 Å². The van der Waals surface area contributed by atoms with Gasteiger partial charge < -0.3 is 0 Å². The zero-order chi connectivity index (χ0) is 11.4. The van der Waals surface area contributed by atoms with E-state index in [0.717, 1.165) is 18.8 Å². The molecule has 1 aromatic carbocycles. The van der Waals surface area contributed by atoms with Gasteiger partial charge in [-0.2, -0.15) is 12.6 Å². The van der Waals surface area contributed by atoms with Crippen molar-refractivity contribution >= 4 is 12.6 Å². The first kappa shape index (κ1) is 12.6. The van der Waals surface area contributed by atoms with E-state index >= 15 is 0 Å². The minimum atomic E-state index is 0.823. The van der Waals surface area contributed by atoms with Gasteiger partial charge in [0.05, 0.1) is 0 Å². The predicted octanol–water partition coefficient (Wildman–Crippen LogP) is 2.97. The maximum Gasteiger partial charge on any atom is 0.0411 e. The Kier molecular flexibility index (Phi) is 4.68. The second kappa shape index (κ2) is 5.57. The van der Waals surface area contributed by atoms with E-state index in [1.807, 2.05) is 0 Å². The molecule has 0 spiro atoms. The highest BCUT2D eigenvalue weighted by Gasteiger charge is 2.04. The van der Waals surface area contributed by atoms with Gasteiger partial charge in [-0.3, -0.25) is 4.90 Å². The van der Waals surface area contributed by atoms with Crippen LogP contribution >= 0.6 is 12.6 Å². The summed E-state index contributed by atoms with van der Waals surface area (Å²) in [5.41, 5.74) is 5.69. The van der Waals surface area contributed by atoms with E-state index in [9.17, 15) is 0 Å². The first-order valence-electron chi connectivity index (χ1n) is 5.40. The van der Waals surface area contributed by atoms with Gasteiger partial charge in [0.2, 0.25) is 0 Å². The van der Waals surface area contributed by atoms with Crippen LogP contribution in [0.3, 0.4) is 0 Å². The average Bonchev–Trinajstić information content (AvgIpc) is 2.15. The number of hydrogen-bond donors (Lipinski definition) is 1. The predicted molar refractivity (Wildman–Crippen MR) is 70.8 cm³/mol. The zero-order valence-corrected chi connectivity index (χ0v) is 11.1.